The maximum atomic E-state index is 5.24. The van der Waals surface area contributed by atoms with Crippen LogP contribution in [-0.2, 0) is 6.54 Å². The van der Waals surface area contributed by atoms with Crippen LogP contribution in [0.2, 0.25) is 0 Å². The molecule has 0 saturated carbocycles. The predicted molar refractivity (Wildman–Crippen MR) is 69.1 cm³/mol. The highest BCUT2D eigenvalue weighted by molar-refractivity contribution is 7.15. The van der Waals surface area contributed by atoms with Gasteiger partial charge in [0.25, 0.3) is 0 Å². The molecule has 7 heteroatoms. The second kappa shape index (κ2) is 5.26. The van der Waals surface area contributed by atoms with Crippen LogP contribution in [0, 0.1) is 0 Å². The van der Waals surface area contributed by atoms with Crippen molar-refractivity contribution < 1.29 is 0 Å². The number of aromatic nitrogens is 2. The van der Waals surface area contributed by atoms with Crippen LogP contribution in [-0.4, -0.2) is 16.2 Å². The van der Waals surface area contributed by atoms with Crippen molar-refractivity contribution in [3.8, 4) is 0 Å². The minimum atomic E-state index is 0.0535. The van der Waals surface area contributed by atoms with Crippen molar-refractivity contribution in [2.24, 2.45) is 16.5 Å². The van der Waals surface area contributed by atoms with Crippen LogP contribution in [0.5, 0.6) is 0 Å². The van der Waals surface area contributed by atoms with E-state index in [9.17, 15) is 0 Å². The number of aliphatic imine (C=N–C) groups is 1. The van der Waals surface area contributed by atoms with Gasteiger partial charge in [0.05, 0.1) is 6.54 Å². The van der Waals surface area contributed by atoms with Crippen molar-refractivity contribution >= 4 is 28.1 Å². The van der Waals surface area contributed by atoms with E-state index in [-0.39, 0.29) is 5.96 Å². The van der Waals surface area contributed by atoms with Crippen LogP contribution in [0.1, 0.15) is 5.01 Å². The topological polar surface area (TPSA) is 102 Å². The van der Waals surface area contributed by atoms with Gasteiger partial charge in [0.15, 0.2) is 5.96 Å². The van der Waals surface area contributed by atoms with E-state index < -0.39 is 0 Å². The van der Waals surface area contributed by atoms with Gasteiger partial charge >= 0.3 is 0 Å². The molecule has 0 aliphatic heterocycles. The van der Waals surface area contributed by atoms with Crippen molar-refractivity contribution in [1.29, 1.82) is 0 Å². The Hall–Kier alpha value is -2.15. The maximum Gasteiger partial charge on any atom is 0.210 e. The number of para-hydroxylation sites is 1. The monoisotopic (exact) mass is 248 g/mol. The molecule has 0 radical (unpaired) electrons. The Balaban J connectivity index is 2.01. The van der Waals surface area contributed by atoms with Crippen molar-refractivity contribution in [3.05, 3.63) is 35.3 Å². The fourth-order valence-corrected chi connectivity index (χ4v) is 1.86. The average Bonchev–Trinajstić information content (AvgIpc) is 2.75. The highest BCUT2D eigenvalue weighted by Gasteiger charge is 2.03. The van der Waals surface area contributed by atoms with E-state index in [0.29, 0.717) is 6.54 Å². The number of guanidine groups is 1. The van der Waals surface area contributed by atoms with Crippen molar-refractivity contribution in [1.82, 2.24) is 10.2 Å². The number of anilines is 2. The van der Waals surface area contributed by atoms with Gasteiger partial charge in [-0.05, 0) is 12.1 Å². The first-order chi connectivity index (χ1) is 8.24. The zero-order chi connectivity index (χ0) is 12.1. The molecule has 88 valence electrons. The Labute approximate surface area is 102 Å². The molecule has 0 bridgehead atoms. The summed E-state index contributed by atoms with van der Waals surface area (Å²) in [6, 6.07) is 9.76. The lowest BCUT2D eigenvalue weighted by Crippen LogP contribution is -2.22. The molecule has 0 aliphatic carbocycles. The molecule has 5 N–H and O–H groups in total. The lowest BCUT2D eigenvalue weighted by molar-refractivity contribution is 0.955. The van der Waals surface area contributed by atoms with Crippen molar-refractivity contribution in [2.45, 2.75) is 6.54 Å². The molecule has 1 heterocycles. The van der Waals surface area contributed by atoms with Gasteiger partial charge in [0, 0.05) is 5.69 Å². The Morgan fingerprint density at radius 3 is 2.71 bits per heavy atom. The molecule has 1 aromatic heterocycles. The molecular weight excluding hydrogens is 236 g/mol. The highest BCUT2D eigenvalue weighted by Crippen LogP contribution is 2.20. The number of rotatable bonds is 4. The van der Waals surface area contributed by atoms with E-state index in [1.165, 1.54) is 11.3 Å². The smallest absolute Gasteiger partial charge is 0.210 e. The van der Waals surface area contributed by atoms with Crippen molar-refractivity contribution in [3.63, 3.8) is 0 Å². The third kappa shape index (κ3) is 3.42. The highest BCUT2D eigenvalue weighted by atomic mass is 32.1. The molecule has 1 aromatic carbocycles. The molecule has 6 nitrogen and oxygen atoms in total. The van der Waals surface area contributed by atoms with E-state index >= 15 is 0 Å². The van der Waals surface area contributed by atoms with Gasteiger partial charge in [0.2, 0.25) is 5.13 Å². The summed E-state index contributed by atoms with van der Waals surface area (Å²) in [5, 5.41) is 12.6. The summed E-state index contributed by atoms with van der Waals surface area (Å²) < 4.78 is 0. The van der Waals surface area contributed by atoms with Gasteiger partial charge in [-0.15, -0.1) is 10.2 Å². The molecule has 0 aliphatic rings. The van der Waals surface area contributed by atoms with E-state index in [0.717, 1.165) is 15.8 Å². The van der Waals surface area contributed by atoms with Crippen LogP contribution in [0.3, 0.4) is 0 Å². The molecule has 0 atom stereocenters. The summed E-state index contributed by atoms with van der Waals surface area (Å²) in [6.45, 7) is 0.358. The Morgan fingerprint density at radius 1 is 1.24 bits per heavy atom. The van der Waals surface area contributed by atoms with Gasteiger partial charge in [-0.1, -0.05) is 29.5 Å². The van der Waals surface area contributed by atoms with Gasteiger partial charge < -0.3 is 16.8 Å². The predicted octanol–water partition coefficient (Wildman–Crippen LogP) is 1.06. The zero-order valence-electron chi connectivity index (χ0n) is 9.00. The van der Waals surface area contributed by atoms with Crippen LogP contribution in [0.4, 0.5) is 10.8 Å². The van der Waals surface area contributed by atoms with E-state index in [2.05, 4.69) is 20.5 Å². The molecule has 2 aromatic rings. The van der Waals surface area contributed by atoms with Crippen LogP contribution in [0.25, 0.3) is 0 Å². The lowest BCUT2D eigenvalue weighted by atomic mass is 10.3. The summed E-state index contributed by atoms with van der Waals surface area (Å²) in [6.07, 6.45) is 0. The summed E-state index contributed by atoms with van der Waals surface area (Å²) in [4.78, 5) is 3.87. The number of nitrogens with two attached hydrogens (primary N) is 2. The fourth-order valence-electron chi connectivity index (χ4n) is 1.17. The maximum absolute atomic E-state index is 5.24. The number of hydrogen-bond donors (Lipinski definition) is 3. The molecule has 0 spiro atoms. The lowest BCUT2D eigenvalue weighted by Gasteiger charge is -1.99. The molecule has 0 saturated heterocycles. The van der Waals surface area contributed by atoms with Crippen LogP contribution in [0.15, 0.2) is 35.3 Å². The standard InChI is InChI=1S/C10H12N6S/c11-9(12)13-6-8-15-16-10(17-8)14-7-4-2-1-3-5-7/h1-5H,6H2,(H,14,16)(H4,11,12,13). The van der Waals surface area contributed by atoms with Gasteiger partial charge in [-0.3, -0.25) is 0 Å². The number of nitrogens with one attached hydrogen (secondary N) is 1. The third-order valence-corrected chi connectivity index (χ3v) is 2.71. The van der Waals surface area contributed by atoms with E-state index in [4.69, 9.17) is 11.5 Å². The third-order valence-electron chi connectivity index (χ3n) is 1.89. The molecule has 2 rings (SSSR count). The fraction of sp³-hybridized carbons (Fsp3) is 0.100. The van der Waals surface area contributed by atoms with E-state index in [1.807, 2.05) is 30.3 Å². The van der Waals surface area contributed by atoms with Gasteiger partial charge in [-0.25, -0.2) is 4.99 Å². The number of nitrogens with zero attached hydrogens (tertiary/aromatic N) is 3. The first-order valence-corrected chi connectivity index (χ1v) is 5.75. The second-order valence-electron chi connectivity index (χ2n) is 3.23. The SMILES string of the molecule is NC(N)=NCc1nnc(Nc2ccccc2)s1. The van der Waals surface area contributed by atoms with Gasteiger partial charge in [0.1, 0.15) is 5.01 Å². The van der Waals surface area contributed by atoms with Crippen LogP contribution < -0.4 is 16.8 Å². The Morgan fingerprint density at radius 2 is 2.00 bits per heavy atom. The summed E-state index contributed by atoms with van der Waals surface area (Å²) >= 11 is 1.42. The quantitative estimate of drug-likeness (QED) is 0.554. The first kappa shape index (κ1) is 11.3. The number of hydrogen-bond acceptors (Lipinski definition) is 5. The minimum Gasteiger partial charge on any atom is -0.370 e. The summed E-state index contributed by atoms with van der Waals surface area (Å²) in [5.74, 6) is 0.0535. The average molecular weight is 248 g/mol. The first-order valence-electron chi connectivity index (χ1n) is 4.94. The van der Waals surface area contributed by atoms with E-state index in [1.54, 1.807) is 0 Å². The molecule has 0 unspecified atom stereocenters. The normalized spacial score (nSPS) is 9.88. The molecular formula is C10H12N6S. The van der Waals surface area contributed by atoms with Crippen LogP contribution >= 0.6 is 11.3 Å². The zero-order valence-corrected chi connectivity index (χ0v) is 9.81. The second-order valence-corrected chi connectivity index (χ2v) is 4.30. The summed E-state index contributed by atoms with van der Waals surface area (Å²) in [7, 11) is 0. The molecule has 0 fully saturated rings. The number of benzene rings is 1. The molecule has 17 heavy (non-hydrogen) atoms. The summed E-state index contributed by atoms with van der Waals surface area (Å²) in [5.41, 5.74) is 11.4. The van der Waals surface area contributed by atoms with Crippen molar-refractivity contribution in [2.75, 3.05) is 5.32 Å². The molecule has 0 amide bonds. The Kier molecular flexibility index (Phi) is 3.51. The Bertz CT molecular complexity index is 503. The minimum absolute atomic E-state index is 0.0535. The van der Waals surface area contributed by atoms with Gasteiger partial charge in [-0.2, -0.15) is 0 Å². The largest absolute Gasteiger partial charge is 0.370 e.